The quantitative estimate of drug-likeness (QED) is 0.719. The normalized spacial score (nSPS) is 12.6. The summed E-state index contributed by atoms with van der Waals surface area (Å²) in [5.41, 5.74) is 1.13. The Labute approximate surface area is 87.7 Å². The van der Waals surface area contributed by atoms with Crippen LogP contribution in [0.3, 0.4) is 0 Å². The van der Waals surface area contributed by atoms with E-state index >= 15 is 0 Å². The van der Waals surface area contributed by atoms with Crippen molar-refractivity contribution in [2.24, 2.45) is 4.99 Å². The summed E-state index contributed by atoms with van der Waals surface area (Å²) in [7, 11) is 0. The van der Waals surface area contributed by atoms with Crippen molar-refractivity contribution in [2.75, 3.05) is 6.54 Å². The van der Waals surface area contributed by atoms with Gasteiger partial charge in [0.1, 0.15) is 5.49 Å². The molecule has 2 rings (SSSR count). The molecule has 0 aliphatic carbocycles. The zero-order valence-corrected chi connectivity index (χ0v) is 9.34. The molecular weight excluding hydrogens is 192 g/mol. The summed E-state index contributed by atoms with van der Waals surface area (Å²) < 4.78 is 3.57. The number of rotatable bonds is 2. The second kappa shape index (κ2) is 3.96. The van der Waals surface area contributed by atoms with Gasteiger partial charge in [0.25, 0.3) is 0 Å². The molecule has 0 radical (unpaired) electrons. The van der Waals surface area contributed by atoms with Gasteiger partial charge in [-0.15, -0.1) is 0 Å². The molecule has 2 aromatic rings. The molecule has 0 spiro atoms. The third kappa shape index (κ3) is 1.48. The largest absolute Gasteiger partial charge is 0.281 e. The topological polar surface area (TPSA) is 17.3 Å². The van der Waals surface area contributed by atoms with E-state index < -0.39 is 0 Å². The molecule has 0 N–H and O–H groups in total. The summed E-state index contributed by atoms with van der Waals surface area (Å²) in [5, 5.41) is 1.28. The molecule has 0 fully saturated rings. The fourth-order valence-electron chi connectivity index (χ4n) is 1.56. The minimum Gasteiger partial charge on any atom is -0.281 e. The summed E-state index contributed by atoms with van der Waals surface area (Å²) in [6.07, 6.45) is 0. The third-order valence-electron chi connectivity index (χ3n) is 2.17. The SMILES string of the molecule is CCN=c1c2ccccc2sn1CC. The average Bonchev–Trinajstić information content (AvgIpc) is 2.58. The van der Waals surface area contributed by atoms with Gasteiger partial charge in [0.05, 0.1) is 4.70 Å². The first kappa shape index (κ1) is 9.46. The smallest absolute Gasteiger partial charge is 0.145 e. The molecule has 0 atom stereocenters. The van der Waals surface area contributed by atoms with Gasteiger partial charge in [-0.1, -0.05) is 23.7 Å². The average molecular weight is 206 g/mol. The van der Waals surface area contributed by atoms with Crippen LogP contribution in [0, 0.1) is 0 Å². The number of hydrogen-bond acceptors (Lipinski definition) is 2. The van der Waals surface area contributed by atoms with Gasteiger partial charge in [-0.05, 0) is 26.0 Å². The van der Waals surface area contributed by atoms with Crippen LogP contribution in [-0.2, 0) is 6.54 Å². The zero-order valence-electron chi connectivity index (χ0n) is 8.53. The lowest BCUT2D eigenvalue weighted by atomic mass is 10.3. The molecule has 0 aliphatic heterocycles. The summed E-state index contributed by atoms with van der Waals surface area (Å²) in [5.74, 6) is 0. The molecule has 0 unspecified atom stereocenters. The molecule has 74 valence electrons. The number of benzene rings is 1. The summed E-state index contributed by atoms with van der Waals surface area (Å²) in [4.78, 5) is 4.54. The molecule has 0 saturated heterocycles. The highest BCUT2D eigenvalue weighted by atomic mass is 32.1. The highest BCUT2D eigenvalue weighted by Crippen LogP contribution is 2.15. The molecule has 14 heavy (non-hydrogen) atoms. The van der Waals surface area contributed by atoms with Crippen molar-refractivity contribution in [2.45, 2.75) is 20.4 Å². The monoisotopic (exact) mass is 206 g/mol. The maximum Gasteiger partial charge on any atom is 0.145 e. The molecule has 0 aliphatic rings. The fourth-order valence-corrected chi connectivity index (χ4v) is 2.56. The first-order chi connectivity index (χ1) is 6.86. The lowest BCUT2D eigenvalue weighted by Gasteiger charge is -1.93. The van der Waals surface area contributed by atoms with Crippen LogP contribution in [0.2, 0.25) is 0 Å². The highest BCUT2D eigenvalue weighted by molar-refractivity contribution is 7.13. The van der Waals surface area contributed by atoms with E-state index in [4.69, 9.17) is 0 Å². The maximum atomic E-state index is 4.54. The van der Waals surface area contributed by atoms with Gasteiger partial charge in [-0.2, -0.15) is 0 Å². The Morgan fingerprint density at radius 3 is 2.79 bits per heavy atom. The molecule has 0 amide bonds. The van der Waals surface area contributed by atoms with Crippen LogP contribution in [0.25, 0.3) is 10.1 Å². The molecule has 1 aromatic carbocycles. The van der Waals surface area contributed by atoms with Gasteiger partial charge in [0.2, 0.25) is 0 Å². The van der Waals surface area contributed by atoms with Crippen molar-refractivity contribution in [3.8, 4) is 0 Å². The van der Waals surface area contributed by atoms with Crippen LogP contribution in [-0.4, -0.2) is 10.5 Å². The minimum atomic E-state index is 0.848. The predicted octanol–water partition coefficient (Wildman–Crippen LogP) is 2.64. The van der Waals surface area contributed by atoms with Crippen LogP contribution in [0.5, 0.6) is 0 Å². The van der Waals surface area contributed by atoms with Gasteiger partial charge in [-0.3, -0.25) is 8.95 Å². The minimum absolute atomic E-state index is 0.848. The maximum absolute atomic E-state index is 4.54. The van der Waals surface area contributed by atoms with Gasteiger partial charge in [-0.25, -0.2) is 0 Å². The second-order valence-electron chi connectivity index (χ2n) is 3.08. The summed E-state index contributed by atoms with van der Waals surface area (Å²) in [6, 6.07) is 8.45. The number of nitrogens with zero attached hydrogens (tertiary/aromatic N) is 2. The highest BCUT2D eigenvalue weighted by Gasteiger charge is 2.02. The van der Waals surface area contributed by atoms with Crippen LogP contribution in [0.1, 0.15) is 13.8 Å². The molecule has 1 aromatic heterocycles. The van der Waals surface area contributed by atoms with E-state index in [0.717, 1.165) is 18.6 Å². The van der Waals surface area contributed by atoms with E-state index in [1.807, 2.05) is 0 Å². The number of aryl methyl sites for hydroxylation is 1. The van der Waals surface area contributed by atoms with Gasteiger partial charge < -0.3 is 0 Å². The van der Waals surface area contributed by atoms with E-state index in [0.29, 0.717) is 0 Å². The Bertz CT molecular complexity index is 493. The molecule has 3 heteroatoms. The lowest BCUT2D eigenvalue weighted by Crippen LogP contribution is -2.14. The fraction of sp³-hybridized carbons (Fsp3) is 0.364. The standard InChI is InChI=1S/C11H14N2S/c1-3-12-11-9-7-5-6-8-10(9)14-13(11)4-2/h5-8H,3-4H2,1-2H3. The Balaban J connectivity index is 2.81. The molecular formula is C11H14N2S. The van der Waals surface area contributed by atoms with E-state index in [1.165, 1.54) is 10.1 Å². The van der Waals surface area contributed by atoms with E-state index in [1.54, 1.807) is 11.5 Å². The molecule has 0 saturated carbocycles. The van der Waals surface area contributed by atoms with E-state index in [-0.39, 0.29) is 0 Å². The predicted molar refractivity (Wildman–Crippen MR) is 61.6 cm³/mol. The third-order valence-corrected chi connectivity index (χ3v) is 3.37. The van der Waals surface area contributed by atoms with Gasteiger partial charge >= 0.3 is 0 Å². The zero-order chi connectivity index (χ0) is 9.97. The summed E-state index contributed by atoms with van der Waals surface area (Å²) >= 11 is 1.79. The van der Waals surface area contributed by atoms with Gasteiger partial charge in [0, 0.05) is 18.5 Å². The van der Waals surface area contributed by atoms with Crippen LogP contribution in [0.15, 0.2) is 29.3 Å². The Hall–Kier alpha value is -1.09. The number of hydrogen-bond donors (Lipinski definition) is 0. The van der Waals surface area contributed by atoms with Crippen molar-refractivity contribution in [1.82, 2.24) is 3.96 Å². The van der Waals surface area contributed by atoms with Crippen molar-refractivity contribution in [3.63, 3.8) is 0 Å². The van der Waals surface area contributed by atoms with Crippen molar-refractivity contribution in [1.29, 1.82) is 0 Å². The molecule has 0 bridgehead atoms. The van der Waals surface area contributed by atoms with Crippen LogP contribution in [0.4, 0.5) is 0 Å². The second-order valence-corrected chi connectivity index (χ2v) is 4.14. The van der Waals surface area contributed by atoms with Crippen molar-refractivity contribution >= 4 is 21.6 Å². The van der Waals surface area contributed by atoms with Crippen LogP contribution >= 0.6 is 11.5 Å². The summed E-state index contributed by atoms with van der Waals surface area (Å²) in [6.45, 7) is 6.08. The van der Waals surface area contributed by atoms with Gasteiger partial charge in [0.15, 0.2) is 0 Å². The van der Waals surface area contributed by atoms with E-state index in [2.05, 4.69) is 47.1 Å². The van der Waals surface area contributed by atoms with Crippen molar-refractivity contribution < 1.29 is 0 Å². The number of aromatic nitrogens is 1. The first-order valence-electron chi connectivity index (χ1n) is 4.96. The number of fused-ring (bicyclic) bond motifs is 1. The van der Waals surface area contributed by atoms with E-state index in [9.17, 15) is 0 Å². The van der Waals surface area contributed by atoms with Crippen LogP contribution < -0.4 is 5.49 Å². The van der Waals surface area contributed by atoms with Crippen molar-refractivity contribution in [3.05, 3.63) is 29.8 Å². The Morgan fingerprint density at radius 2 is 2.07 bits per heavy atom. The first-order valence-corrected chi connectivity index (χ1v) is 5.73. The molecule has 2 nitrogen and oxygen atoms in total. The Morgan fingerprint density at radius 1 is 1.29 bits per heavy atom. The molecule has 1 heterocycles. The Kier molecular flexibility index (Phi) is 2.68. The lowest BCUT2D eigenvalue weighted by molar-refractivity contribution is 0.784.